The first-order valence-electron chi connectivity index (χ1n) is 7.82. The lowest BCUT2D eigenvalue weighted by Gasteiger charge is -2.25. The van der Waals surface area contributed by atoms with E-state index < -0.39 is 17.8 Å². The molecule has 1 aliphatic heterocycles. The third-order valence-electron chi connectivity index (χ3n) is 4.69. The second-order valence-electron chi connectivity index (χ2n) is 6.34. The van der Waals surface area contributed by atoms with Crippen LogP contribution in [0.5, 0.6) is 0 Å². The van der Waals surface area contributed by atoms with Crippen LogP contribution in [0.25, 0.3) is 0 Å². The van der Waals surface area contributed by atoms with Gasteiger partial charge in [-0.15, -0.1) is 0 Å². The van der Waals surface area contributed by atoms with Gasteiger partial charge in [0, 0.05) is 37.4 Å². The predicted molar refractivity (Wildman–Crippen MR) is 83.2 cm³/mol. The minimum atomic E-state index is -4.36. The first-order chi connectivity index (χ1) is 11.3. The Balaban J connectivity index is 1.87. The second-order valence-corrected chi connectivity index (χ2v) is 6.34. The number of aliphatic hydroxyl groups is 1. The van der Waals surface area contributed by atoms with Gasteiger partial charge in [-0.3, -0.25) is 9.58 Å². The van der Waals surface area contributed by atoms with Crippen molar-refractivity contribution in [2.45, 2.75) is 38.2 Å². The number of halogens is 3. The molecule has 1 fully saturated rings. The molecule has 2 heterocycles. The predicted octanol–water partition coefficient (Wildman–Crippen LogP) is 3.06. The molecule has 1 aromatic heterocycles. The number of aliphatic hydroxyl groups excluding tert-OH is 1. The van der Waals surface area contributed by atoms with E-state index in [4.69, 9.17) is 0 Å². The summed E-state index contributed by atoms with van der Waals surface area (Å²) in [6.45, 7) is 2.95. The summed E-state index contributed by atoms with van der Waals surface area (Å²) in [6.07, 6.45) is -2.71. The average molecular weight is 339 g/mol. The minimum Gasteiger partial charge on any atom is -0.392 e. The third-order valence-corrected chi connectivity index (χ3v) is 4.69. The van der Waals surface area contributed by atoms with E-state index in [1.54, 1.807) is 16.9 Å². The normalized spacial score (nSPS) is 22.2. The summed E-state index contributed by atoms with van der Waals surface area (Å²) in [4.78, 5) is 2.02. The Morgan fingerprint density at radius 1 is 1.33 bits per heavy atom. The molecule has 0 saturated carbocycles. The molecule has 2 atom stereocenters. The molecule has 0 unspecified atom stereocenters. The van der Waals surface area contributed by atoms with Gasteiger partial charge in [0.15, 0.2) is 0 Å². The summed E-state index contributed by atoms with van der Waals surface area (Å²) >= 11 is 0. The lowest BCUT2D eigenvalue weighted by Crippen LogP contribution is -2.24. The van der Waals surface area contributed by atoms with Gasteiger partial charge in [-0.25, -0.2) is 0 Å². The zero-order valence-corrected chi connectivity index (χ0v) is 13.6. The van der Waals surface area contributed by atoms with Crippen LogP contribution in [0.3, 0.4) is 0 Å². The van der Waals surface area contributed by atoms with E-state index in [1.807, 2.05) is 18.9 Å². The molecule has 0 amide bonds. The lowest BCUT2D eigenvalue weighted by atomic mass is 10.0. The van der Waals surface area contributed by atoms with Gasteiger partial charge in [0.25, 0.3) is 0 Å². The number of hydrogen-bond donors (Lipinski definition) is 1. The van der Waals surface area contributed by atoms with Crippen LogP contribution < -0.4 is 0 Å². The average Bonchev–Trinajstić information content (AvgIpc) is 3.04. The van der Waals surface area contributed by atoms with Crippen molar-refractivity contribution in [3.8, 4) is 0 Å². The van der Waals surface area contributed by atoms with Crippen molar-refractivity contribution in [1.29, 1.82) is 0 Å². The van der Waals surface area contributed by atoms with Crippen molar-refractivity contribution >= 4 is 0 Å². The summed E-state index contributed by atoms with van der Waals surface area (Å²) in [5.74, 6) is 0. The summed E-state index contributed by atoms with van der Waals surface area (Å²) in [6, 6.07) is 5.15. The number of likely N-dealkylation sites (tertiary alicyclic amines) is 1. The molecule has 24 heavy (non-hydrogen) atoms. The molecular weight excluding hydrogens is 319 g/mol. The highest BCUT2D eigenvalue weighted by molar-refractivity contribution is 5.29. The van der Waals surface area contributed by atoms with Gasteiger partial charge in [0.05, 0.1) is 17.9 Å². The number of aryl methyl sites for hydroxylation is 1. The largest absolute Gasteiger partial charge is 0.416 e. The van der Waals surface area contributed by atoms with Crippen LogP contribution in [0.15, 0.2) is 30.5 Å². The van der Waals surface area contributed by atoms with E-state index >= 15 is 0 Å². The summed E-state index contributed by atoms with van der Waals surface area (Å²) in [5.41, 5.74) is 1.96. The van der Waals surface area contributed by atoms with E-state index in [9.17, 15) is 18.3 Å². The molecule has 1 N–H and O–H groups in total. The van der Waals surface area contributed by atoms with Crippen LogP contribution in [0.4, 0.5) is 13.2 Å². The molecule has 4 nitrogen and oxygen atoms in total. The van der Waals surface area contributed by atoms with E-state index in [2.05, 4.69) is 5.10 Å². The van der Waals surface area contributed by atoms with Crippen molar-refractivity contribution in [2.75, 3.05) is 6.54 Å². The van der Waals surface area contributed by atoms with Crippen molar-refractivity contribution in [3.05, 3.63) is 52.8 Å². The number of alkyl halides is 3. The Labute approximate surface area is 138 Å². The summed E-state index contributed by atoms with van der Waals surface area (Å²) < 4.78 is 40.6. The maximum Gasteiger partial charge on any atom is 0.416 e. The van der Waals surface area contributed by atoms with Gasteiger partial charge in [-0.2, -0.15) is 18.3 Å². The van der Waals surface area contributed by atoms with Crippen LogP contribution in [-0.4, -0.2) is 32.4 Å². The van der Waals surface area contributed by atoms with Crippen LogP contribution >= 0.6 is 0 Å². The number of benzene rings is 1. The van der Waals surface area contributed by atoms with Gasteiger partial charge in [-0.05, 0) is 31.0 Å². The highest BCUT2D eigenvalue weighted by Gasteiger charge is 2.35. The molecule has 0 radical (unpaired) electrons. The topological polar surface area (TPSA) is 41.3 Å². The Hall–Kier alpha value is -1.86. The quantitative estimate of drug-likeness (QED) is 0.934. The highest BCUT2D eigenvalue weighted by atomic mass is 19.4. The maximum atomic E-state index is 13.0. The first kappa shape index (κ1) is 17.0. The Morgan fingerprint density at radius 3 is 2.71 bits per heavy atom. The fourth-order valence-corrected chi connectivity index (χ4v) is 3.24. The third kappa shape index (κ3) is 3.32. The molecule has 2 aromatic rings. The van der Waals surface area contributed by atoms with E-state index in [1.165, 1.54) is 12.1 Å². The number of hydrogen-bond acceptors (Lipinski definition) is 3. The maximum absolute atomic E-state index is 13.0. The van der Waals surface area contributed by atoms with Crippen LogP contribution in [0, 0.1) is 6.92 Å². The van der Waals surface area contributed by atoms with Gasteiger partial charge in [-0.1, -0.05) is 12.1 Å². The Bertz CT molecular complexity index is 726. The van der Waals surface area contributed by atoms with Crippen LogP contribution in [-0.2, 0) is 19.8 Å². The van der Waals surface area contributed by atoms with Crippen molar-refractivity contribution in [3.63, 3.8) is 0 Å². The zero-order chi connectivity index (χ0) is 17.5. The molecule has 0 spiro atoms. The van der Waals surface area contributed by atoms with Crippen molar-refractivity contribution in [1.82, 2.24) is 14.7 Å². The summed E-state index contributed by atoms with van der Waals surface area (Å²) in [7, 11) is 1.85. The molecule has 1 aromatic carbocycles. The number of nitrogens with zero attached hydrogens (tertiary/aromatic N) is 3. The smallest absolute Gasteiger partial charge is 0.392 e. The van der Waals surface area contributed by atoms with E-state index in [-0.39, 0.29) is 6.04 Å². The first-order valence-corrected chi connectivity index (χ1v) is 7.82. The molecular formula is C17H20F3N3O. The second kappa shape index (κ2) is 6.22. The molecule has 1 saturated heterocycles. The van der Waals surface area contributed by atoms with E-state index in [0.717, 1.165) is 17.3 Å². The summed E-state index contributed by atoms with van der Waals surface area (Å²) in [5, 5.41) is 14.2. The van der Waals surface area contributed by atoms with Gasteiger partial charge in [0.2, 0.25) is 0 Å². The number of aromatic nitrogens is 2. The SMILES string of the molecule is Cc1c(CN2C[C@@H](O)C[C@@H]2c2cccc(C(F)(F)F)c2)cnn1C. The molecule has 0 aliphatic carbocycles. The molecule has 7 heteroatoms. The van der Waals surface area contributed by atoms with Gasteiger partial charge in [0.1, 0.15) is 0 Å². The molecule has 1 aliphatic rings. The lowest BCUT2D eigenvalue weighted by molar-refractivity contribution is -0.137. The standard InChI is InChI=1S/C17H20F3N3O/c1-11-13(8-21-22(11)2)9-23-10-15(24)7-16(23)12-4-3-5-14(6-12)17(18,19)20/h3-6,8,15-16,24H,7,9-10H2,1-2H3/t15-,16+/m0/s1. The van der Waals surface area contributed by atoms with Crippen LogP contribution in [0.1, 0.15) is 34.8 Å². The van der Waals surface area contributed by atoms with Crippen molar-refractivity contribution in [2.24, 2.45) is 7.05 Å². The van der Waals surface area contributed by atoms with Crippen LogP contribution in [0.2, 0.25) is 0 Å². The fraction of sp³-hybridized carbons (Fsp3) is 0.471. The Kier molecular flexibility index (Phi) is 4.40. The van der Waals surface area contributed by atoms with E-state index in [0.29, 0.717) is 25.1 Å². The zero-order valence-electron chi connectivity index (χ0n) is 13.6. The van der Waals surface area contributed by atoms with Crippen molar-refractivity contribution < 1.29 is 18.3 Å². The minimum absolute atomic E-state index is 0.234. The fourth-order valence-electron chi connectivity index (χ4n) is 3.24. The number of β-amino-alcohol motifs (C(OH)–C–C–N with tert-alkyl or cyclic N) is 1. The monoisotopic (exact) mass is 339 g/mol. The van der Waals surface area contributed by atoms with Gasteiger partial charge < -0.3 is 5.11 Å². The van der Waals surface area contributed by atoms with Gasteiger partial charge >= 0.3 is 6.18 Å². The Morgan fingerprint density at radius 2 is 2.08 bits per heavy atom. The number of rotatable bonds is 3. The molecule has 130 valence electrons. The molecule has 0 bridgehead atoms. The molecule has 3 rings (SSSR count). The highest BCUT2D eigenvalue weighted by Crippen LogP contribution is 2.37.